The zero-order valence-corrected chi connectivity index (χ0v) is 12.1. The van der Waals surface area contributed by atoms with Gasteiger partial charge in [-0.1, -0.05) is 44.5 Å². The summed E-state index contributed by atoms with van der Waals surface area (Å²) in [5.41, 5.74) is 2.65. The van der Waals surface area contributed by atoms with E-state index in [1.807, 2.05) is 0 Å². The first-order chi connectivity index (χ1) is 9.26. The van der Waals surface area contributed by atoms with Crippen molar-refractivity contribution < 1.29 is 0 Å². The maximum atomic E-state index is 9.52. The van der Waals surface area contributed by atoms with Gasteiger partial charge in [-0.25, -0.2) is 0 Å². The lowest BCUT2D eigenvalue weighted by atomic mass is 9.91. The van der Waals surface area contributed by atoms with Gasteiger partial charge >= 0.3 is 0 Å². The molecule has 2 nitrogen and oxygen atoms in total. The molecule has 2 heteroatoms. The van der Waals surface area contributed by atoms with E-state index >= 15 is 0 Å². The summed E-state index contributed by atoms with van der Waals surface area (Å²) in [5, 5.41) is 9.52. The molecule has 0 bridgehead atoms. The highest BCUT2D eigenvalue weighted by atomic mass is 15.2. The van der Waals surface area contributed by atoms with Crippen LogP contribution < -0.4 is 0 Å². The van der Waals surface area contributed by atoms with Gasteiger partial charge in [0.15, 0.2) is 0 Å². The summed E-state index contributed by atoms with van der Waals surface area (Å²) < 4.78 is 0. The molecule has 0 aliphatic carbocycles. The molecule has 2 unspecified atom stereocenters. The molecule has 0 N–H and O–H groups in total. The van der Waals surface area contributed by atoms with Crippen LogP contribution in [-0.4, -0.2) is 24.0 Å². The molecular weight excluding hydrogens is 232 g/mol. The van der Waals surface area contributed by atoms with E-state index in [1.165, 1.54) is 30.4 Å². The standard InChI is InChI=1S/C17H24N2/c1-3-15-7-9-16(10-8-15)14(2)17(13-18)19-11-5-4-6-12-19/h7-10,14,17H,3-6,11-12H2,1-2H3. The van der Waals surface area contributed by atoms with Gasteiger partial charge in [0.25, 0.3) is 0 Å². The highest BCUT2D eigenvalue weighted by Crippen LogP contribution is 2.25. The number of nitriles is 1. The highest BCUT2D eigenvalue weighted by molar-refractivity contribution is 5.27. The first-order valence-corrected chi connectivity index (χ1v) is 7.48. The first-order valence-electron chi connectivity index (χ1n) is 7.48. The van der Waals surface area contributed by atoms with Crippen LogP contribution in [0.25, 0.3) is 0 Å². The molecule has 1 aromatic carbocycles. The smallest absolute Gasteiger partial charge is 0.104 e. The van der Waals surface area contributed by atoms with Crippen LogP contribution in [0.2, 0.25) is 0 Å². The van der Waals surface area contributed by atoms with Crippen molar-refractivity contribution in [2.24, 2.45) is 0 Å². The molecular formula is C17H24N2. The Balaban J connectivity index is 2.10. The molecule has 1 aromatic rings. The van der Waals surface area contributed by atoms with Crippen molar-refractivity contribution in [3.63, 3.8) is 0 Å². The van der Waals surface area contributed by atoms with Crippen molar-refractivity contribution in [3.05, 3.63) is 35.4 Å². The lowest BCUT2D eigenvalue weighted by Gasteiger charge is -2.34. The Hall–Kier alpha value is -1.33. The summed E-state index contributed by atoms with van der Waals surface area (Å²) in [6, 6.07) is 11.3. The third-order valence-electron chi connectivity index (χ3n) is 4.30. The van der Waals surface area contributed by atoms with Gasteiger partial charge in [-0.3, -0.25) is 4.90 Å². The van der Waals surface area contributed by atoms with Crippen LogP contribution >= 0.6 is 0 Å². The summed E-state index contributed by atoms with van der Waals surface area (Å²) in [6.45, 7) is 6.51. The second kappa shape index (κ2) is 6.73. The fourth-order valence-corrected chi connectivity index (χ4v) is 2.95. The van der Waals surface area contributed by atoms with Gasteiger partial charge in [-0.2, -0.15) is 5.26 Å². The average molecular weight is 256 g/mol. The predicted octanol–water partition coefficient (Wildman–Crippen LogP) is 3.73. The molecule has 2 rings (SSSR count). The van der Waals surface area contributed by atoms with E-state index in [-0.39, 0.29) is 12.0 Å². The molecule has 1 fully saturated rings. The zero-order chi connectivity index (χ0) is 13.7. The molecule has 1 heterocycles. The minimum absolute atomic E-state index is 0.0211. The maximum absolute atomic E-state index is 9.52. The Morgan fingerprint density at radius 2 is 1.79 bits per heavy atom. The van der Waals surface area contributed by atoms with Gasteiger partial charge < -0.3 is 0 Å². The second-order valence-corrected chi connectivity index (χ2v) is 5.55. The van der Waals surface area contributed by atoms with E-state index < -0.39 is 0 Å². The number of aryl methyl sites for hydroxylation is 1. The molecule has 0 amide bonds. The quantitative estimate of drug-likeness (QED) is 0.820. The highest BCUT2D eigenvalue weighted by Gasteiger charge is 2.26. The number of benzene rings is 1. The number of nitrogens with zero attached hydrogens (tertiary/aromatic N) is 2. The van der Waals surface area contributed by atoms with Crippen molar-refractivity contribution in [2.45, 2.75) is 51.5 Å². The third-order valence-corrected chi connectivity index (χ3v) is 4.30. The number of piperidine rings is 1. The maximum Gasteiger partial charge on any atom is 0.104 e. The Kier molecular flexibility index (Phi) is 4.99. The van der Waals surface area contributed by atoms with Crippen LogP contribution in [0.5, 0.6) is 0 Å². The van der Waals surface area contributed by atoms with E-state index in [2.05, 4.69) is 49.1 Å². The molecule has 0 saturated carbocycles. The Bertz CT molecular complexity index is 424. The average Bonchev–Trinajstić information content (AvgIpc) is 2.49. The van der Waals surface area contributed by atoms with E-state index in [4.69, 9.17) is 0 Å². The molecule has 2 atom stereocenters. The number of likely N-dealkylation sites (tertiary alicyclic amines) is 1. The van der Waals surface area contributed by atoms with Crippen molar-refractivity contribution in [1.29, 1.82) is 5.26 Å². The van der Waals surface area contributed by atoms with Gasteiger partial charge in [0.1, 0.15) is 6.04 Å². The molecule has 0 radical (unpaired) electrons. The molecule has 0 aromatic heterocycles. The summed E-state index contributed by atoms with van der Waals surface area (Å²) in [5.74, 6) is 0.286. The van der Waals surface area contributed by atoms with Crippen LogP contribution in [0.4, 0.5) is 0 Å². The molecule has 0 spiro atoms. The Morgan fingerprint density at radius 3 is 2.32 bits per heavy atom. The number of hydrogen-bond donors (Lipinski definition) is 0. The van der Waals surface area contributed by atoms with Gasteiger partial charge in [0, 0.05) is 5.92 Å². The number of rotatable bonds is 4. The lowest BCUT2D eigenvalue weighted by molar-refractivity contribution is 0.179. The van der Waals surface area contributed by atoms with E-state index in [9.17, 15) is 5.26 Å². The van der Waals surface area contributed by atoms with Crippen LogP contribution in [0, 0.1) is 11.3 Å². The first kappa shape index (κ1) is 14.1. The van der Waals surface area contributed by atoms with Crippen molar-refractivity contribution in [2.75, 3.05) is 13.1 Å². The lowest BCUT2D eigenvalue weighted by Crippen LogP contribution is -2.41. The molecule has 1 saturated heterocycles. The topological polar surface area (TPSA) is 27.0 Å². The van der Waals surface area contributed by atoms with Crippen molar-refractivity contribution in [1.82, 2.24) is 4.90 Å². The van der Waals surface area contributed by atoms with E-state index in [1.54, 1.807) is 0 Å². The summed E-state index contributed by atoms with van der Waals surface area (Å²) >= 11 is 0. The SMILES string of the molecule is CCc1ccc(C(C)C(C#N)N2CCCCC2)cc1. The molecule has 1 aliphatic heterocycles. The third kappa shape index (κ3) is 3.36. The van der Waals surface area contributed by atoms with Gasteiger partial charge in [-0.05, 0) is 43.5 Å². The van der Waals surface area contributed by atoms with Crippen molar-refractivity contribution >= 4 is 0 Å². The predicted molar refractivity (Wildman–Crippen MR) is 79.1 cm³/mol. The fourth-order valence-electron chi connectivity index (χ4n) is 2.95. The monoisotopic (exact) mass is 256 g/mol. The normalized spacial score (nSPS) is 19.6. The summed E-state index contributed by atoms with van der Waals surface area (Å²) in [4.78, 5) is 2.36. The second-order valence-electron chi connectivity index (χ2n) is 5.55. The van der Waals surface area contributed by atoms with Gasteiger partial charge in [0.2, 0.25) is 0 Å². The largest absolute Gasteiger partial charge is 0.288 e. The van der Waals surface area contributed by atoms with Crippen LogP contribution in [-0.2, 0) is 6.42 Å². The van der Waals surface area contributed by atoms with Crippen molar-refractivity contribution in [3.8, 4) is 6.07 Å². The van der Waals surface area contributed by atoms with E-state index in [0.717, 1.165) is 19.5 Å². The molecule has 102 valence electrons. The summed E-state index contributed by atoms with van der Waals surface area (Å²) in [7, 11) is 0. The Morgan fingerprint density at radius 1 is 1.16 bits per heavy atom. The van der Waals surface area contributed by atoms with Crippen LogP contribution in [0.1, 0.15) is 50.2 Å². The Labute approximate surface area is 117 Å². The van der Waals surface area contributed by atoms with E-state index in [0.29, 0.717) is 0 Å². The van der Waals surface area contributed by atoms with Crippen LogP contribution in [0.3, 0.4) is 0 Å². The van der Waals surface area contributed by atoms with Gasteiger partial charge in [-0.15, -0.1) is 0 Å². The van der Waals surface area contributed by atoms with Gasteiger partial charge in [0.05, 0.1) is 6.07 Å². The zero-order valence-electron chi connectivity index (χ0n) is 12.1. The minimum atomic E-state index is 0.0211. The molecule has 1 aliphatic rings. The summed E-state index contributed by atoms with van der Waals surface area (Å²) in [6.07, 6.45) is 4.86. The van der Waals surface area contributed by atoms with Crippen LogP contribution in [0.15, 0.2) is 24.3 Å². The molecule has 19 heavy (non-hydrogen) atoms. The fraction of sp³-hybridized carbons (Fsp3) is 0.588. The minimum Gasteiger partial charge on any atom is -0.288 e. The number of hydrogen-bond acceptors (Lipinski definition) is 2.